The van der Waals surface area contributed by atoms with Gasteiger partial charge in [0.25, 0.3) is 5.56 Å². The Labute approximate surface area is 154 Å². The second-order valence-corrected chi connectivity index (χ2v) is 7.30. The quantitative estimate of drug-likeness (QED) is 0.428. The van der Waals surface area contributed by atoms with Gasteiger partial charge in [0.05, 0.1) is 6.61 Å². The molecule has 11 nitrogen and oxygen atoms in total. The maximum atomic E-state index is 12.3. The van der Waals surface area contributed by atoms with Crippen LogP contribution in [0.5, 0.6) is 0 Å². The summed E-state index contributed by atoms with van der Waals surface area (Å²) in [4.78, 5) is 25.4. The molecule has 4 heterocycles. The molecule has 2 aromatic heterocycles. The minimum atomic E-state index is -1.32. The van der Waals surface area contributed by atoms with Crippen LogP contribution < -0.4 is 16.2 Å². The van der Waals surface area contributed by atoms with Crippen molar-refractivity contribution >= 4 is 23.1 Å². The summed E-state index contributed by atoms with van der Waals surface area (Å²) in [6, 6.07) is 0. The first-order chi connectivity index (χ1) is 12.9. The van der Waals surface area contributed by atoms with Crippen molar-refractivity contribution in [3.8, 4) is 0 Å². The number of fused-ring (bicyclic) bond motifs is 1. The van der Waals surface area contributed by atoms with E-state index in [2.05, 4.69) is 21.9 Å². The molecule has 4 atom stereocenters. The largest absolute Gasteiger partial charge is 0.394 e. The van der Waals surface area contributed by atoms with Gasteiger partial charge in [0.1, 0.15) is 18.3 Å². The summed E-state index contributed by atoms with van der Waals surface area (Å²) in [6.07, 6.45) is -2.66. The molecule has 0 amide bonds. The fourth-order valence-corrected chi connectivity index (χ4v) is 3.75. The minimum Gasteiger partial charge on any atom is -0.394 e. The summed E-state index contributed by atoms with van der Waals surface area (Å²) < 4.78 is 7.17. The number of rotatable bonds is 3. The first-order valence-electron chi connectivity index (χ1n) is 9.05. The molecule has 11 heteroatoms. The van der Waals surface area contributed by atoms with Gasteiger partial charge in [-0.1, -0.05) is 6.92 Å². The molecular formula is C16H24N6O5. The second-order valence-electron chi connectivity index (χ2n) is 7.30. The zero-order chi connectivity index (χ0) is 19.3. The second kappa shape index (κ2) is 6.75. The number of H-pyrrole nitrogens is 1. The van der Waals surface area contributed by atoms with Crippen molar-refractivity contribution in [3.63, 3.8) is 0 Å². The van der Waals surface area contributed by atoms with E-state index in [4.69, 9.17) is 10.5 Å². The van der Waals surface area contributed by atoms with Crippen LogP contribution in [-0.4, -0.2) is 72.8 Å². The Balaban J connectivity index is 1.86. The molecule has 6 N–H and O–H groups in total. The molecule has 2 aliphatic rings. The summed E-state index contributed by atoms with van der Waals surface area (Å²) in [5.41, 5.74) is 5.45. The van der Waals surface area contributed by atoms with Gasteiger partial charge in [0.2, 0.25) is 11.9 Å². The Kier molecular flexibility index (Phi) is 4.54. The molecule has 0 unspecified atom stereocenters. The highest BCUT2D eigenvalue weighted by Gasteiger charge is 2.45. The predicted molar refractivity (Wildman–Crippen MR) is 96.2 cm³/mol. The maximum absolute atomic E-state index is 12.3. The molecule has 2 aromatic rings. The van der Waals surface area contributed by atoms with Crippen LogP contribution in [0.4, 0.5) is 11.9 Å². The number of hydrogen-bond acceptors (Lipinski definition) is 9. The van der Waals surface area contributed by atoms with Gasteiger partial charge < -0.3 is 30.7 Å². The summed E-state index contributed by atoms with van der Waals surface area (Å²) in [6.45, 7) is 3.19. The van der Waals surface area contributed by atoms with Gasteiger partial charge >= 0.3 is 0 Å². The van der Waals surface area contributed by atoms with E-state index < -0.39 is 36.7 Å². The Bertz CT molecular complexity index is 889. The van der Waals surface area contributed by atoms with Crippen LogP contribution in [-0.2, 0) is 4.74 Å². The van der Waals surface area contributed by atoms with Crippen LogP contribution in [0.3, 0.4) is 0 Å². The lowest BCUT2D eigenvalue weighted by Gasteiger charge is -2.32. The van der Waals surface area contributed by atoms with Crippen LogP contribution in [0.25, 0.3) is 11.2 Å². The molecule has 2 fully saturated rings. The number of aliphatic hydroxyl groups excluding tert-OH is 3. The highest BCUT2D eigenvalue weighted by Crippen LogP contribution is 2.36. The van der Waals surface area contributed by atoms with E-state index in [1.165, 1.54) is 4.57 Å². The average molecular weight is 380 g/mol. The summed E-state index contributed by atoms with van der Waals surface area (Å²) in [5, 5.41) is 30.0. The van der Waals surface area contributed by atoms with Crippen LogP contribution in [0.2, 0.25) is 0 Å². The summed E-state index contributed by atoms with van der Waals surface area (Å²) in [7, 11) is 0. The number of aromatic amines is 1. The van der Waals surface area contributed by atoms with E-state index >= 15 is 0 Å². The van der Waals surface area contributed by atoms with E-state index in [0.717, 1.165) is 25.9 Å². The number of nitrogens with zero attached hydrogens (tertiary/aromatic N) is 4. The van der Waals surface area contributed by atoms with Crippen molar-refractivity contribution in [1.82, 2.24) is 19.5 Å². The number of imidazole rings is 1. The third kappa shape index (κ3) is 2.96. The maximum Gasteiger partial charge on any atom is 0.280 e. The number of piperidine rings is 1. The van der Waals surface area contributed by atoms with E-state index in [0.29, 0.717) is 11.9 Å². The molecule has 0 aliphatic carbocycles. The molecule has 0 saturated carbocycles. The van der Waals surface area contributed by atoms with Crippen molar-refractivity contribution in [1.29, 1.82) is 0 Å². The average Bonchev–Trinajstić information content (AvgIpc) is 3.14. The van der Waals surface area contributed by atoms with E-state index in [9.17, 15) is 20.1 Å². The first-order valence-corrected chi connectivity index (χ1v) is 9.05. The lowest BCUT2D eigenvalue weighted by Crippen LogP contribution is -2.37. The highest BCUT2D eigenvalue weighted by atomic mass is 16.6. The number of nitrogens with two attached hydrogens (primary N) is 1. The standard InChI is InChI=1S/C16H24N6O5/c1-7-2-4-21(5-3-7)16-18-9-12(19-15(17)20-13(9)26)22(16)14-11(25)10(24)8(6-23)27-14/h7-8,10-11,14,23-25H,2-6H2,1H3,(H3,17,19,20,26)/t8-,10+,11-,14-/m1/s1. The van der Waals surface area contributed by atoms with Gasteiger partial charge in [-0.25, -0.2) is 4.98 Å². The molecule has 0 radical (unpaired) electrons. The van der Waals surface area contributed by atoms with Crippen LogP contribution in [0, 0.1) is 5.92 Å². The Morgan fingerprint density at radius 1 is 1.26 bits per heavy atom. The predicted octanol–water partition coefficient (Wildman–Crippen LogP) is -1.45. The number of aromatic nitrogens is 4. The van der Waals surface area contributed by atoms with Gasteiger partial charge in [-0.2, -0.15) is 4.98 Å². The fraction of sp³-hybridized carbons (Fsp3) is 0.688. The molecule has 4 rings (SSSR count). The van der Waals surface area contributed by atoms with Crippen molar-refractivity contribution in [2.24, 2.45) is 5.92 Å². The van der Waals surface area contributed by atoms with Crippen molar-refractivity contribution < 1.29 is 20.1 Å². The normalized spacial score (nSPS) is 29.7. The SMILES string of the molecule is CC1CCN(c2nc3c(=O)[nH]c(N)nc3n2[C@@H]2O[C@H](CO)[C@H](O)[C@H]2O)CC1. The van der Waals surface area contributed by atoms with Crippen LogP contribution >= 0.6 is 0 Å². The monoisotopic (exact) mass is 380 g/mol. The van der Waals surface area contributed by atoms with Gasteiger partial charge in [0.15, 0.2) is 17.4 Å². The van der Waals surface area contributed by atoms with Crippen molar-refractivity contribution in [2.45, 2.75) is 44.3 Å². The lowest BCUT2D eigenvalue weighted by molar-refractivity contribution is -0.0505. The smallest absolute Gasteiger partial charge is 0.280 e. The Hall–Kier alpha value is -2.21. The third-order valence-electron chi connectivity index (χ3n) is 5.39. The lowest BCUT2D eigenvalue weighted by atomic mass is 10.00. The van der Waals surface area contributed by atoms with Crippen LogP contribution in [0.15, 0.2) is 4.79 Å². The molecule has 2 aliphatic heterocycles. The third-order valence-corrected chi connectivity index (χ3v) is 5.39. The molecule has 148 valence electrons. The molecular weight excluding hydrogens is 356 g/mol. The van der Waals surface area contributed by atoms with E-state index in [1.54, 1.807) is 0 Å². The Morgan fingerprint density at radius 2 is 1.96 bits per heavy atom. The van der Waals surface area contributed by atoms with Gasteiger partial charge in [-0.05, 0) is 18.8 Å². The van der Waals surface area contributed by atoms with Crippen molar-refractivity contribution in [3.05, 3.63) is 10.4 Å². The highest BCUT2D eigenvalue weighted by molar-refractivity contribution is 5.75. The van der Waals surface area contributed by atoms with Gasteiger partial charge in [-0.15, -0.1) is 0 Å². The number of nitrogens with one attached hydrogen (secondary N) is 1. The van der Waals surface area contributed by atoms with Crippen LogP contribution in [0.1, 0.15) is 26.0 Å². The van der Waals surface area contributed by atoms with E-state index in [1.807, 2.05) is 4.90 Å². The molecule has 2 saturated heterocycles. The summed E-state index contributed by atoms with van der Waals surface area (Å²) in [5.74, 6) is 0.930. The topological polar surface area (TPSA) is 163 Å². The number of ether oxygens (including phenoxy) is 1. The molecule has 0 spiro atoms. The van der Waals surface area contributed by atoms with Gasteiger partial charge in [0, 0.05) is 13.1 Å². The zero-order valence-corrected chi connectivity index (χ0v) is 14.9. The van der Waals surface area contributed by atoms with Gasteiger partial charge in [-0.3, -0.25) is 14.3 Å². The molecule has 0 aromatic carbocycles. The first kappa shape index (κ1) is 18.2. The number of anilines is 2. The number of hydrogen-bond donors (Lipinski definition) is 5. The molecule has 0 bridgehead atoms. The zero-order valence-electron chi connectivity index (χ0n) is 14.9. The van der Waals surface area contributed by atoms with E-state index in [-0.39, 0.29) is 17.1 Å². The number of aliphatic hydroxyl groups is 3. The molecule has 27 heavy (non-hydrogen) atoms. The fourth-order valence-electron chi connectivity index (χ4n) is 3.75. The summed E-state index contributed by atoms with van der Waals surface area (Å²) >= 11 is 0. The minimum absolute atomic E-state index is 0.0792. The number of nitrogen functional groups attached to an aromatic ring is 1. The van der Waals surface area contributed by atoms with Crippen molar-refractivity contribution in [2.75, 3.05) is 30.3 Å². The Morgan fingerprint density at radius 3 is 2.59 bits per heavy atom.